The highest BCUT2D eigenvalue weighted by molar-refractivity contribution is 9.10. The van der Waals surface area contributed by atoms with Gasteiger partial charge in [-0.1, -0.05) is 0 Å². The Kier molecular flexibility index (Phi) is 3.68. The standard InChI is InChI=1S/C11H11BrN2OS/c1-7-5-14-9(6-13-7)10(15)4-11-8(12)2-3-16-11/h2-3,5-6,10,15H,4H2,1H3. The molecule has 84 valence electrons. The summed E-state index contributed by atoms with van der Waals surface area (Å²) in [4.78, 5) is 9.41. The molecule has 0 fully saturated rings. The first kappa shape index (κ1) is 11.7. The maximum atomic E-state index is 9.99. The van der Waals surface area contributed by atoms with Crippen molar-refractivity contribution in [2.75, 3.05) is 0 Å². The first-order chi connectivity index (χ1) is 7.66. The van der Waals surface area contributed by atoms with E-state index in [2.05, 4.69) is 25.9 Å². The van der Waals surface area contributed by atoms with Gasteiger partial charge >= 0.3 is 0 Å². The topological polar surface area (TPSA) is 46.0 Å². The summed E-state index contributed by atoms with van der Waals surface area (Å²) in [5.74, 6) is 0. The number of nitrogens with zero attached hydrogens (tertiary/aromatic N) is 2. The summed E-state index contributed by atoms with van der Waals surface area (Å²) in [5, 5.41) is 12.0. The minimum absolute atomic E-state index is 0.565. The fourth-order valence-corrected chi connectivity index (χ4v) is 2.88. The number of aliphatic hydroxyl groups is 1. The summed E-state index contributed by atoms with van der Waals surface area (Å²) < 4.78 is 1.04. The number of aromatic nitrogens is 2. The molecule has 0 bridgehead atoms. The summed E-state index contributed by atoms with van der Waals surface area (Å²) in [7, 11) is 0. The molecule has 0 radical (unpaired) electrons. The van der Waals surface area contributed by atoms with Gasteiger partial charge in [0, 0.05) is 22.0 Å². The molecule has 2 aromatic rings. The van der Waals surface area contributed by atoms with Gasteiger partial charge in [0.1, 0.15) is 6.10 Å². The van der Waals surface area contributed by atoms with Crippen molar-refractivity contribution < 1.29 is 5.11 Å². The fourth-order valence-electron chi connectivity index (χ4n) is 1.33. The second kappa shape index (κ2) is 5.03. The quantitative estimate of drug-likeness (QED) is 0.948. The second-order valence-corrected chi connectivity index (χ2v) is 5.35. The molecule has 1 atom stereocenters. The van der Waals surface area contributed by atoms with Crippen LogP contribution in [0.15, 0.2) is 28.3 Å². The molecule has 0 aromatic carbocycles. The summed E-state index contributed by atoms with van der Waals surface area (Å²) in [6.45, 7) is 1.87. The van der Waals surface area contributed by atoms with Gasteiger partial charge in [-0.15, -0.1) is 11.3 Å². The average molecular weight is 299 g/mol. The van der Waals surface area contributed by atoms with E-state index >= 15 is 0 Å². The van der Waals surface area contributed by atoms with E-state index in [1.54, 1.807) is 23.7 Å². The molecule has 0 saturated carbocycles. The smallest absolute Gasteiger partial charge is 0.102 e. The van der Waals surface area contributed by atoms with Gasteiger partial charge in [-0.05, 0) is 34.3 Å². The van der Waals surface area contributed by atoms with E-state index in [1.807, 2.05) is 18.4 Å². The van der Waals surface area contributed by atoms with E-state index in [1.165, 1.54) is 0 Å². The van der Waals surface area contributed by atoms with Crippen molar-refractivity contribution in [2.24, 2.45) is 0 Å². The highest BCUT2D eigenvalue weighted by atomic mass is 79.9. The Morgan fingerprint density at radius 3 is 2.81 bits per heavy atom. The number of halogens is 1. The molecule has 0 aliphatic carbocycles. The molecular formula is C11H11BrN2OS. The molecular weight excluding hydrogens is 288 g/mol. The molecule has 0 saturated heterocycles. The van der Waals surface area contributed by atoms with Crippen LogP contribution >= 0.6 is 27.3 Å². The molecule has 2 heterocycles. The average Bonchev–Trinajstić information content (AvgIpc) is 2.65. The number of hydrogen-bond donors (Lipinski definition) is 1. The molecule has 1 unspecified atom stereocenters. The van der Waals surface area contributed by atoms with Crippen LogP contribution in [0.2, 0.25) is 0 Å². The zero-order chi connectivity index (χ0) is 11.5. The van der Waals surface area contributed by atoms with Gasteiger partial charge in [-0.2, -0.15) is 0 Å². The third-order valence-corrected chi connectivity index (χ3v) is 4.16. The third kappa shape index (κ3) is 2.66. The molecule has 1 N–H and O–H groups in total. The van der Waals surface area contributed by atoms with Crippen molar-refractivity contribution in [1.82, 2.24) is 9.97 Å². The molecule has 0 amide bonds. The summed E-state index contributed by atoms with van der Waals surface area (Å²) in [6.07, 6.45) is 3.27. The number of aryl methyl sites for hydroxylation is 1. The molecule has 2 rings (SSSR count). The Hall–Kier alpha value is -0.780. The van der Waals surface area contributed by atoms with Crippen LogP contribution < -0.4 is 0 Å². The van der Waals surface area contributed by atoms with Crippen LogP contribution in [0.25, 0.3) is 0 Å². The Bertz CT molecular complexity index is 469. The number of thiophene rings is 1. The summed E-state index contributed by atoms with van der Waals surface area (Å²) in [6, 6.07) is 1.98. The van der Waals surface area contributed by atoms with Crippen LogP contribution in [0, 0.1) is 6.92 Å². The minimum Gasteiger partial charge on any atom is -0.386 e. The number of aliphatic hydroxyl groups excluding tert-OH is 1. The van der Waals surface area contributed by atoms with E-state index in [4.69, 9.17) is 0 Å². The maximum absolute atomic E-state index is 9.99. The van der Waals surface area contributed by atoms with Crippen molar-refractivity contribution in [3.63, 3.8) is 0 Å². The van der Waals surface area contributed by atoms with Gasteiger partial charge in [0.2, 0.25) is 0 Å². The fraction of sp³-hybridized carbons (Fsp3) is 0.273. The van der Waals surface area contributed by atoms with E-state index in [9.17, 15) is 5.11 Å². The van der Waals surface area contributed by atoms with Crippen LogP contribution in [-0.2, 0) is 6.42 Å². The molecule has 3 nitrogen and oxygen atoms in total. The second-order valence-electron chi connectivity index (χ2n) is 3.49. The molecule has 0 aliphatic heterocycles. The van der Waals surface area contributed by atoms with Crippen LogP contribution in [0.4, 0.5) is 0 Å². The lowest BCUT2D eigenvalue weighted by atomic mass is 10.1. The largest absolute Gasteiger partial charge is 0.386 e. The van der Waals surface area contributed by atoms with Crippen LogP contribution in [-0.4, -0.2) is 15.1 Å². The SMILES string of the molecule is Cc1cnc(C(O)Cc2sccc2Br)cn1. The molecule has 0 aliphatic rings. The predicted molar refractivity (Wildman–Crippen MR) is 67.5 cm³/mol. The molecule has 2 aromatic heterocycles. The Labute approximate surface area is 106 Å². The van der Waals surface area contributed by atoms with Gasteiger partial charge in [-0.3, -0.25) is 9.97 Å². The van der Waals surface area contributed by atoms with Gasteiger partial charge in [-0.25, -0.2) is 0 Å². The van der Waals surface area contributed by atoms with E-state index in [-0.39, 0.29) is 0 Å². The van der Waals surface area contributed by atoms with E-state index in [0.29, 0.717) is 12.1 Å². The Morgan fingerprint density at radius 1 is 1.44 bits per heavy atom. The van der Waals surface area contributed by atoms with Crippen LogP contribution in [0.3, 0.4) is 0 Å². The lowest BCUT2D eigenvalue weighted by Crippen LogP contribution is -2.04. The van der Waals surface area contributed by atoms with Gasteiger partial charge in [0.15, 0.2) is 0 Å². The zero-order valence-corrected chi connectivity index (χ0v) is 11.1. The molecule has 16 heavy (non-hydrogen) atoms. The highest BCUT2D eigenvalue weighted by Gasteiger charge is 2.13. The lowest BCUT2D eigenvalue weighted by Gasteiger charge is -2.08. The maximum Gasteiger partial charge on any atom is 0.102 e. The predicted octanol–water partition coefficient (Wildman–Crippen LogP) is 2.89. The zero-order valence-electron chi connectivity index (χ0n) is 8.72. The number of rotatable bonds is 3. The lowest BCUT2D eigenvalue weighted by molar-refractivity contribution is 0.174. The summed E-state index contributed by atoms with van der Waals surface area (Å²) in [5.41, 5.74) is 1.47. The van der Waals surface area contributed by atoms with Crippen molar-refractivity contribution in [1.29, 1.82) is 0 Å². The van der Waals surface area contributed by atoms with Crippen LogP contribution in [0.1, 0.15) is 22.4 Å². The van der Waals surface area contributed by atoms with Crippen LogP contribution in [0.5, 0.6) is 0 Å². The van der Waals surface area contributed by atoms with Crippen molar-refractivity contribution >= 4 is 27.3 Å². The normalized spacial score (nSPS) is 12.7. The van der Waals surface area contributed by atoms with Crippen molar-refractivity contribution in [3.8, 4) is 0 Å². The van der Waals surface area contributed by atoms with Gasteiger partial charge in [0.05, 0.1) is 17.6 Å². The first-order valence-electron chi connectivity index (χ1n) is 4.85. The highest BCUT2D eigenvalue weighted by Crippen LogP contribution is 2.27. The van der Waals surface area contributed by atoms with Gasteiger partial charge < -0.3 is 5.11 Å². The summed E-state index contributed by atoms with van der Waals surface area (Å²) >= 11 is 5.06. The number of hydrogen-bond acceptors (Lipinski definition) is 4. The van der Waals surface area contributed by atoms with E-state index < -0.39 is 6.10 Å². The Balaban J connectivity index is 2.11. The van der Waals surface area contributed by atoms with Crippen molar-refractivity contribution in [2.45, 2.75) is 19.4 Å². The monoisotopic (exact) mass is 298 g/mol. The Morgan fingerprint density at radius 2 is 2.25 bits per heavy atom. The third-order valence-electron chi connectivity index (χ3n) is 2.21. The first-order valence-corrected chi connectivity index (χ1v) is 6.52. The van der Waals surface area contributed by atoms with Gasteiger partial charge in [0.25, 0.3) is 0 Å². The van der Waals surface area contributed by atoms with Crippen molar-refractivity contribution in [3.05, 3.63) is 44.6 Å². The molecule has 0 spiro atoms. The molecule has 5 heteroatoms. The van der Waals surface area contributed by atoms with E-state index in [0.717, 1.165) is 15.0 Å². The minimum atomic E-state index is -0.594.